The molecule has 0 bridgehead atoms. The summed E-state index contributed by atoms with van der Waals surface area (Å²) in [5.41, 5.74) is 3.32. The molecule has 0 saturated heterocycles. The first-order valence-corrected chi connectivity index (χ1v) is 15.7. The first kappa shape index (κ1) is 24.7. The molecule has 0 saturated carbocycles. The number of fused-ring (bicyclic) bond motifs is 6. The molecule has 198 valence electrons. The van der Waals surface area contributed by atoms with E-state index in [0.29, 0.717) is 5.44 Å². The molecular weight excluding hydrogens is 531 g/mol. The molecule has 42 heavy (non-hydrogen) atoms. The van der Waals surface area contributed by atoms with Crippen LogP contribution in [-0.4, -0.2) is 9.97 Å². The quantitative estimate of drug-likeness (QED) is 0.162. The number of hydrogen-bond acceptors (Lipinski definition) is 3. The Morgan fingerprint density at radius 3 is 1.76 bits per heavy atom. The molecule has 8 rings (SSSR count). The maximum absolute atomic E-state index is 15.3. The predicted molar refractivity (Wildman–Crippen MR) is 177 cm³/mol. The van der Waals surface area contributed by atoms with E-state index in [1.54, 1.807) is 0 Å². The van der Waals surface area contributed by atoms with Crippen molar-refractivity contribution in [1.29, 1.82) is 0 Å². The van der Waals surface area contributed by atoms with E-state index >= 15 is 4.57 Å². The van der Waals surface area contributed by atoms with E-state index in [1.165, 1.54) is 16.2 Å². The van der Waals surface area contributed by atoms with E-state index in [2.05, 4.69) is 60.7 Å². The van der Waals surface area contributed by atoms with Crippen LogP contribution < -0.4 is 16.0 Å². The maximum Gasteiger partial charge on any atom is 0.189 e. The standard InChI is InChI=1S/C38H25N2OP/c41-42(27-14-3-1-4-15-27,28-16-5-2-6-17-28)38-31-20-10-9-19-30(31)34(25-39-38)37-33-24-23-26-13-7-8-18-29(26)36(33)32-21-11-12-22-35(32)40-37/h1-25H. The summed E-state index contributed by atoms with van der Waals surface area (Å²) in [5.74, 6) is 0. The van der Waals surface area contributed by atoms with Crippen LogP contribution in [0.4, 0.5) is 0 Å². The molecule has 0 fully saturated rings. The summed E-state index contributed by atoms with van der Waals surface area (Å²) in [4.78, 5) is 10.3. The zero-order valence-electron chi connectivity index (χ0n) is 22.7. The van der Waals surface area contributed by atoms with E-state index < -0.39 is 7.14 Å². The molecular formula is C38H25N2OP. The fourth-order valence-electron chi connectivity index (χ4n) is 6.21. The van der Waals surface area contributed by atoms with Gasteiger partial charge in [-0.15, -0.1) is 0 Å². The van der Waals surface area contributed by atoms with Gasteiger partial charge in [0.2, 0.25) is 0 Å². The third-order valence-electron chi connectivity index (χ3n) is 8.16. The largest absolute Gasteiger partial charge is 0.307 e. The molecule has 8 aromatic rings. The van der Waals surface area contributed by atoms with Gasteiger partial charge in [0.15, 0.2) is 7.14 Å². The van der Waals surface area contributed by atoms with Crippen molar-refractivity contribution in [3.63, 3.8) is 0 Å². The van der Waals surface area contributed by atoms with Crippen LogP contribution in [0.2, 0.25) is 0 Å². The Morgan fingerprint density at radius 2 is 1.05 bits per heavy atom. The maximum atomic E-state index is 15.3. The van der Waals surface area contributed by atoms with Gasteiger partial charge in [-0.1, -0.05) is 140 Å². The number of benzene rings is 6. The van der Waals surface area contributed by atoms with Crippen molar-refractivity contribution in [2.45, 2.75) is 0 Å². The van der Waals surface area contributed by atoms with Gasteiger partial charge < -0.3 is 4.57 Å². The van der Waals surface area contributed by atoms with Crippen LogP contribution in [0.25, 0.3) is 54.5 Å². The van der Waals surface area contributed by atoms with E-state index in [9.17, 15) is 0 Å². The van der Waals surface area contributed by atoms with Crippen LogP contribution in [0, 0.1) is 0 Å². The molecule has 4 heteroatoms. The summed E-state index contributed by atoms with van der Waals surface area (Å²) in [6.07, 6.45) is 1.88. The summed E-state index contributed by atoms with van der Waals surface area (Å²) in [6.45, 7) is 0. The van der Waals surface area contributed by atoms with Gasteiger partial charge in [0.05, 0.1) is 11.2 Å². The fraction of sp³-hybridized carbons (Fsp3) is 0. The topological polar surface area (TPSA) is 42.9 Å². The number of para-hydroxylation sites is 1. The zero-order valence-corrected chi connectivity index (χ0v) is 23.6. The van der Waals surface area contributed by atoms with Crippen molar-refractivity contribution in [3.05, 3.63) is 152 Å². The average Bonchev–Trinajstić information content (AvgIpc) is 3.07. The summed E-state index contributed by atoms with van der Waals surface area (Å²) in [7, 11) is -3.28. The zero-order chi connectivity index (χ0) is 28.1. The molecule has 6 aromatic carbocycles. The monoisotopic (exact) mass is 556 g/mol. The Morgan fingerprint density at radius 1 is 0.476 bits per heavy atom. The van der Waals surface area contributed by atoms with E-state index in [4.69, 9.17) is 9.97 Å². The van der Waals surface area contributed by atoms with Gasteiger partial charge in [-0.25, -0.2) is 4.98 Å². The highest BCUT2D eigenvalue weighted by atomic mass is 31.2. The van der Waals surface area contributed by atoms with Crippen molar-refractivity contribution >= 4 is 66.4 Å². The second-order valence-corrected chi connectivity index (χ2v) is 13.2. The van der Waals surface area contributed by atoms with Gasteiger partial charge in [0.25, 0.3) is 0 Å². The summed E-state index contributed by atoms with van der Waals surface area (Å²) < 4.78 is 15.3. The lowest BCUT2D eigenvalue weighted by atomic mass is 9.94. The van der Waals surface area contributed by atoms with Crippen molar-refractivity contribution in [1.82, 2.24) is 9.97 Å². The highest BCUT2D eigenvalue weighted by Gasteiger charge is 2.33. The number of nitrogens with zero attached hydrogens (tertiary/aromatic N) is 2. The Kier molecular flexibility index (Phi) is 5.73. The molecule has 0 aliphatic carbocycles. The predicted octanol–water partition coefficient (Wildman–Crippen LogP) is 8.40. The van der Waals surface area contributed by atoms with Crippen molar-refractivity contribution in [2.75, 3.05) is 0 Å². The molecule has 0 amide bonds. The van der Waals surface area contributed by atoms with Crippen molar-refractivity contribution in [2.24, 2.45) is 0 Å². The van der Waals surface area contributed by atoms with Crippen molar-refractivity contribution in [3.8, 4) is 11.3 Å². The smallest absolute Gasteiger partial charge is 0.189 e. The molecule has 0 spiro atoms. The summed E-state index contributed by atoms with van der Waals surface area (Å²) >= 11 is 0. The van der Waals surface area contributed by atoms with Gasteiger partial charge in [-0.05, 0) is 22.2 Å². The number of pyridine rings is 2. The molecule has 0 aliphatic rings. The number of rotatable bonds is 4. The highest BCUT2D eigenvalue weighted by Crippen LogP contribution is 2.45. The lowest BCUT2D eigenvalue weighted by Gasteiger charge is -2.22. The minimum atomic E-state index is -3.28. The highest BCUT2D eigenvalue weighted by molar-refractivity contribution is 7.85. The first-order chi connectivity index (χ1) is 20.7. The molecule has 2 heterocycles. The second-order valence-electron chi connectivity index (χ2n) is 10.5. The van der Waals surface area contributed by atoms with Crippen LogP contribution in [0.1, 0.15) is 0 Å². The van der Waals surface area contributed by atoms with E-state index in [-0.39, 0.29) is 0 Å². The van der Waals surface area contributed by atoms with Crippen LogP contribution in [0.5, 0.6) is 0 Å². The Hall–Kier alpha value is -5.11. The lowest BCUT2D eigenvalue weighted by molar-refractivity contribution is 0.592. The molecule has 0 unspecified atom stereocenters. The van der Waals surface area contributed by atoms with Crippen LogP contribution in [-0.2, 0) is 4.57 Å². The Labute approximate surface area is 243 Å². The molecule has 0 aliphatic heterocycles. The summed E-state index contributed by atoms with van der Waals surface area (Å²) in [6, 6.07) is 48.8. The summed E-state index contributed by atoms with van der Waals surface area (Å²) in [5, 5.41) is 9.15. The third-order valence-corrected chi connectivity index (χ3v) is 11.2. The Balaban J connectivity index is 1.47. The lowest BCUT2D eigenvalue weighted by Crippen LogP contribution is -2.27. The van der Waals surface area contributed by atoms with E-state index in [1.807, 2.05) is 91.1 Å². The van der Waals surface area contributed by atoms with Crippen LogP contribution >= 0.6 is 7.14 Å². The normalized spacial score (nSPS) is 11.9. The van der Waals surface area contributed by atoms with E-state index in [0.717, 1.165) is 48.9 Å². The number of aromatic nitrogens is 2. The van der Waals surface area contributed by atoms with Gasteiger partial charge in [0, 0.05) is 43.9 Å². The molecule has 3 nitrogen and oxygen atoms in total. The molecule has 0 radical (unpaired) electrons. The van der Waals surface area contributed by atoms with Crippen LogP contribution in [0.15, 0.2) is 152 Å². The van der Waals surface area contributed by atoms with Crippen molar-refractivity contribution < 1.29 is 4.57 Å². The van der Waals surface area contributed by atoms with Gasteiger partial charge in [0.1, 0.15) is 5.44 Å². The Bertz CT molecular complexity index is 2270. The molecule has 0 atom stereocenters. The van der Waals surface area contributed by atoms with Crippen LogP contribution in [0.3, 0.4) is 0 Å². The molecule has 2 aromatic heterocycles. The minimum absolute atomic E-state index is 0.592. The fourth-order valence-corrected chi connectivity index (χ4v) is 8.94. The van der Waals surface area contributed by atoms with Gasteiger partial charge in [-0.3, -0.25) is 4.98 Å². The minimum Gasteiger partial charge on any atom is -0.307 e. The molecule has 0 N–H and O–H groups in total. The average molecular weight is 557 g/mol. The van der Waals surface area contributed by atoms with Gasteiger partial charge >= 0.3 is 0 Å². The number of hydrogen-bond donors (Lipinski definition) is 0. The first-order valence-electron chi connectivity index (χ1n) is 14.0. The SMILES string of the molecule is O=P(c1ccccc1)(c1ccccc1)c1ncc(-c2nc3ccccc3c3c2ccc2ccccc23)c2ccccc12. The third kappa shape index (κ3) is 3.71. The second kappa shape index (κ2) is 9.76. The van der Waals surface area contributed by atoms with Gasteiger partial charge in [-0.2, -0.15) is 0 Å².